The number of amides is 3. The van der Waals surface area contributed by atoms with E-state index in [2.05, 4.69) is 5.32 Å². The minimum atomic E-state index is -0.764. The van der Waals surface area contributed by atoms with Crippen molar-refractivity contribution in [3.05, 3.63) is 130 Å². The van der Waals surface area contributed by atoms with Crippen LogP contribution in [0.5, 0.6) is 0 Å². The molecule has 1 aliphatic heterocycles. The zero-order chi connectivity index (χ0) is 29.8. The van der Waals surface area contributed by atoms with Gasteiger partial charge in [-0.15, -0.1) is 0 Å². The second kappa shape index (κ2) is 10.2. The van der Waals surface area contributed by atoms with Crippen LogP contribution in [0.4, 0.5) is 11.4 Å². The van der Waals surface area contributed by atoms with Gasteiger partial charge in [0.2, 0.25) is 11.8 Å². The average molecular weight is 571 g/mol. The summed E-state index contributed by atoms with van der Waals surface area (Å²) in [6.07, 6.45) is 0. The highest BCUT2D eigenvalue weighted by Gasteiger charge is 2.61. The maximum atomic E-state index is 14.0. The molecule has 0 spiro atoms. The molecule has 1 saturated heterocycles. The standard InChI is InChI=1S/C35H26N2O6/c1-19(38)20-13-15-22(16-14-20)36-28(39)18-43-35(42)21-7-6-8-23(17-21)37-33(40)31-29-24-9-2-3-10-25(24)30(32(31)34(37)41)27-12-5-4-11-26(27)29/h2-17,29-32H,18H2,1H3,(H,36,39)/t29?,30?,31-,32-/m0/s1. The van der Waals surface area contributed by atoms with Crippen LogP contribution in [0.15, 0.2) is 97.1 Å². The van der Waals surface area contributed by atoms with Crippen LogP contribution in [0.2, 0.25) is 0 Å². The SMILES string of the molecule is CC(=O)c1ccc(NC(=O)COC(=O)c2cccc(N3C(=O)[C@H]4C5c6ccccc6C(c6ccccc65)[C@@H]4C3=O)c2)cc1. The molecule has 8 rings (SSSR count). The Labute approximate surface area is 247 Å². The van der Waals surface area contributed by atoms with Crippen LogP contribution in [-0.4, -0.2) is 36.1 Å². The van der Waals surface area contributed by atoms with Crippen molar-refractivity contribution in [3.8, 4) is 0 Å². The van der Waals surface area contributed by atoms with Gasteiger partial charge in [-0.25, -0.2) is 9.69 Å². The van der Waals surface area contributed by atoms with Crippen LogP contribution in [0.1, 0.15) is 61.7 Å². The van der Waals surface area contributed by atoms with Crippen LogP contribution in [0, 0.1) is 11.8 Å². The largest absolute Gasteiger partial charge is 0.452 e. The normalized spacial score (nSPS) is 21.1. The van der Waals surface area contributed by atoms with E-state index in [-0.39, 0.29) is 35.0 Å². The Hall–Kier alpha value is -5.37. The number of nitrogens with zero attached hydrogens (tertiary/aromatic N) is 1. The fourth-order valence-electron chi connectivity index (χ4n) is 6.90. The first kappa shape index (κ1) is 26.5. The first-order chi connectivity index (χ1) is 20.8. The lowest BCUT2D eigenvalue weighted by Crippen LogP contribution is -2.41. The van der Waals surface area contributed by atoms with Crippen molar-refractivity contribution in [1.82, 2.24) is 0 Å². The number of imide groups is 1. The zero-order valence-corrected chi connectivity index (χ0v) is 23.2. The Morgan fingerprint density at radius 2 is 1.23 bits per heavy atom. The summed E-state index contributed by atoms with van der Waals surface area (Å²) < 4.78 is 5.23. The lowest BCUT2D eigenvalue weighted by molar-refractivity contribution is -0.122. The van der Waals surface area contributed by atoms with E-state index in [9.17, 15) is 24.0 Å². The highest BCUT2D eigenvalue weighted by Crippen LogP contribution is 2.61. The Morgan fingerprint density at radius 3 is 1.74 bits per heavy atom. The summed E-state index contributed by atoms with van der Waals surface area (Å²) in [4.78, 5) is 65.9. The predicted molar refractivity (Wildman–Crippen MR) is 158 cm³/mol. The molecule has 0 unspecified atom stereocenters. The van der Waals surface area contributed by atoms with E-state index in [1.54, 1.807) is 36.4 Å². The summed E-state index contributed by atoms with van der Waals surface area (Å²) in [5.74, 6) is -3.50. The molecule has 3 amide bonds. The molecule has 0 saturated carbocycles. The summed E-state index contributed by atoms with van der Waals surface area (Å²) in [5.41, 5.74) is 5.71. The number of hydrogen-bond acceptors (Lipinski definition) is 6. The van der Waals surface area contributed by atoms with Crippen molar-refractivity contribution in [2.45, 2.75) is 18.8 Å². The van der Waals surface area contributed by atoms with Gasteiger partial charge >= 0.3 is 5.97 Å². The highest BCUT2D eigenvalue weighted by atomic mass is 16.5. The molecule has 3 aliphatic carbocycles. The molecule has 8 nitrogen and oxygen atoms in total. The predicted octanol–water partition coefficient (Wildman–Crippen LogP) is 5.08. The number of carbonyl (C=O) groups is 5. The molecular weight excluding hydrogens is 544 g/mol. The monoisotopic (exact) mass is 570 g/mol. The Bertz CT molecular complexity index is 1730. The van der Waals surface area contributed by atoms with Gasteiger partial charge < -0.3 is 10.1 Å². The molecule has 43 heavy (non-hydrogen) atoms. The van der Waals surface area contributed by atoms with E-state index in [0.717, 1.165) is 22.3 Å². The van der Waals surface area contributed by atoms with Crippen LogP contribution < -0.4 is 10.2 Å². The van der Waals surface area contributed by atoms with Gasteiger partial charge in [-0.3, -0.25) is 19.2 Å². The summed E-state index contributed by atoms with van der Waals surface area (Å²) in [7, 11) is 0. The Balaban J connectivity index is 1.10. The third-order valence-corrected chi connectivity index (χ3v) is 8.70. The summed E-state index contributed by atoms with van der Waals surface area (Å²) >= 11 is 0. The van der Waals surface area contributed by atoms with Gasteiger partial charge in [0.15, 0.2) is 12.4 Å². The number of esters is 1. The molecule has 0 aromatic heterocycles. The van der Waals surface area contributed by atoms with Crippen molar-refractivity contribution in [1.29, 1.82) is 0 Å². The molecule has 2 bridgehead atoms. The van der Waals surface area contributed by atoms with Crippen molar-refractivity contribution in [3.63, 3.8) is 0 Å². The fraction of sp³-hybridized carbons (Fsp3) is 0.171. The maximum absolute atomic E-state index is 14.0. The molecule has 2 atom stereocenters. The quantitative estimate of drug-likeness (QED) is 0.197. The highest BCUT2D eigenvalue weighted by molar-refractivity contribution is 6.23. The molecule has 1 heterocycles. The minimum absolute atomic E-state index is 0.0901. The first-order valence-corrected chi connectivity index (χ1v) is 14.1. The third kappa shape index (κ3) is 4.25. The number of rotatable bonds is 6. The molecule has 4 aromatic rings. The van der Waals surface area contributed by atoms with Gasteiger partial charge in [-0.2, -0.15) is 0 Å². The average Bonchev–Trinajstić information content (AvgIpc) is 3.30. The summed E-state index contributed by atoms with van der Waals surface area (Å²) in [6.45, 7) is 0.912. The van der Waals surface area contributed by atoms with E-state index < -0.39 is 30.3 Å². The zero-order valence-electron chi connectivity index (χ0n) is 23.2. The summed E-state index contributed by atoms with van der Waals surface area (Å²) in [6, 6.07) is 28.6. The smallest absolute Gasteiger partial charge is 0.338 e. The molecule has 1 fully saturated rings. The molecule has 1 N–H and O–H groups in total. The van der Waals surface area contributed by atoms with Gasteiger partial charge in [0.1, 0.15) is 0 Å². The number of ether oxygens (including phenoxy) is 1. The summed E-state index contributed by atoms with van der Waals surface area (Å²) in [5, 5.41) is 2.62. The van der Waals surface area contributed by atoms with Crippen LogP contribution in [0.3, 0.4) is 0 Å². The van der Waals surface area contributed by atoms with E-state index >= 15 is 0 Å². The lowest BCUT2D eigenvalue weighted by Gasteiger charge is -2.45. The van der Waals surface area contributed by atoms with E-state index in [1.165, 1.54) is 24.0 Å². The molecular formula is C35H26N2O6. The first-order valence-electron chi connectivity index (χ1n) is 14.1. The van der Waals surface area contributed by atoms with Gasteiger partial charge in [0.05, 0.1) is 23.1 Å². The van der Waals surface area contributed by atoms with Crippen molar-refractivity contribution in [2.75, 3.05) is 16.8 Å². The van der Waals surface area contributed by atoms with Gasteiger partial charge in [0.25, 0.3) is 5.91 Å². The minimum Gasteiger partial charge on any atom is -0.452 e. The van der Waals surface area contributed by atoms with Crippen LogP contribution >= 0.6 is 0 Å². The fourth-order valence-corrected chi connectivity index (χ4v) is 6.90. The van der Waals surface area contributed by atoms with Crippen molar-refractivity contribution >= 4 is 40.8 Å². The van der Waals surface area contributed by atoms with Crippen LogP contribution in [-0.2, 0) is 19.1 Å². The van der Waals surface area contributed by atoms with Crippen molar-refractivity contribution < 1.29 is 28.7 Å². The maximum Gasteiger partial charge on any atom is 0.338 e. The molecule has 4 aromatic carbocycles. The second-order valence-electron chi connectivity index (χ2n) is 11.1. The number of carbonyl (C=O) groups excluding carboxylic acids is 5. The number of ketones is 1. The number of benzene rings is 4. The molecule has 212 valence electrons. The number of Topliss-reactive ketones (excluding diaryl/α,β-unsaturated/α-hetero) is 1. The molecule has 8 heteroatoms. The third-order valence-electron chi connectivity index (χ3n) is 8.70. The molecule has 0 radical (unpaired) electrons. The van der Waals surface area contributed by atoms with Gasteiger partial charge in [-0.05, 0) is 71.6 Å². The van der Waals surface area contributed by atoms with E-state index in [4.69, 9.17) is 4.74 Å². The lowest BCUT2D eigenvalue weighted by atomic mass is 9.55. The Morgan fingerprint density at radius 1 is 0.698 bits per heavy atom. The van der Waals surface area contributed by atoms with Crippen LogP contribution in [0.25, 0.3) is 0 Å². The van der Waals surface area contributed by atoms with E-state index in [1.807, 2.05) is 48.5 Å². The number of hydrogen-bond donors (Lipinski definition) is 1. The number of nitrogens with one attached hydrogen (secondary N) is 1. The number of anilines is 2. The topological polar surface area (TPSA) is 110 Å². The molecule has 4 aliphatic rings. The van der Waals surface area contributed by atoms with E-state index in [0.29, 0.717) is 16.9 Å². The second-order valence-corrected chi connectivity index (χ2v) is 11.1. The Kier molecular flexibility index (Phi) is 6.27. The van der Waals surface area contributed by atoms with Crippen molar-refractivity contribution in [2.24, 2.45) is 11.8 Å². The van der Waals surface area contributed by atoms with Gasteiger partial charge in [-0.1, -0.05) is 54.6 Å². The van der Waals surface area contributed by atoms with Gasteiger partial charge in [0, 0.05) is 23.1 Å².